The Kier molecular flexibility index (Phi) is 6.85. The zero-order valence-corrected chi connectivity index (χ0v) is 15.9. The van der Waals surface area contributed by atoms with Gasteiger partial charge in [0.2, 0.25) is 5.91 Å². The normalized spacial score (nSPS) is 17.7. The van der Waals surface area contributed by atoms with Crippen LogP contribution in [0.2, 0.25) is 0 Å². The summed E-state index contributed by atoms with van der Waals surface area (Å²) in [5, 5.41) is 9.24. The van der Waals surface area contributed by atoms with Crippen LogP contribution in [0.5, 0.6) is 5.75 Å². The Bertz CT molecular complexity index is 735. The Labute approximate surface area is 161 Å². The van der Waals surface area contributed by atoms with Gasteiger partial charge in [-0.3, -0.25) is 9.69 Å². The van der Waals surface area contributed by atoms with Gasteiger partial charge in [0, 0.05) is 37.8 Å². The summed E-state index contributed by atoms with van der Waals surface area (Å²) in [5.41, 5.74) is 2.01. The predicted octanol–water partition coefficient (Wildman–Crippen LogP) is 2.33. The van der Waals surface area contributed by atoms with E-state index >= 15 is 0 Å². The number of aliphatic hydroxyl groups excluding tert-OH is 1. The highest BCUT2D eigenvalue weighted by atomic mass is 16.5. The molecule has 1 heterocycles. The van der Waals surface area contributed by atoms with Crippen molar-refractivity contribution in [3.05, 3.63) is 65.7 Å². The fraction of sp³-hybridized carbons (Fsp3) is 0.409. The van der Waals surface area contributed by atoms with Gasteiger partial charge in [-0.05, 0) is 25.1 Å². The maximum Gasteiger partial charge on any atom is 0.227 e. The third-order valence-electron chi connectivity index (χ3n) is 5.14. The van der Waals surface area contributed by atoms with Crippen LogP contribution in [0.1, 0.15) is 17.5 Å². The summed E-state index contributed by atoms with van der Waals surface area (Å²) < 4.78 is 5.98. The third kappa shape index (κ3) is 5.31. The van der Waals surface area contributed by atoms with E-state index in [9.17, 15) is 9.90 Å². The molecule has 0 aromatic heterocycles. The minimum absolute atomic E-state index is 0.113. The zero-order valence-electron chi connectivity index (χ0n) is 15.9. The van der Waals surface area contributed by atoms with E-state index in [-0.39, 0.29) is 18.6 Å². The first-order chi connectivity index (χ1) is 13.2. The van der Waals surface area contributed by atoms with Gasteiger partial charge >= 0.3 is 0 Å². The molecule has 0 bridgehead atoms. The Morgan fingerprint density at radius 1 is 1.11 bits per heavy atom. The first-order valence-electron chi connectivity index (χ1n) is 9.51. The molecular weight excluding hydrogens is 340 g/mol. The molecule has 5 heteroatoms. The smallest absolute Gasteiger partial charge is 0.227 e. The maximum absolute atomic E-state index is 12.8. The van der Waals surface area contributed by atoms with Gasteiger partial charge in [-0.25, -0.2) is 0 Å². The Morgan fingerprint density at radius 2 is 1.85 bits per heavy atom. The Balaban J connectivity index is 1.62. The van der Waals surface area contributed by atoms with Gasteiger partial charge in [-0.2, -0.15) is 0 Å². The molecule has 1 atom stereocenters. The van der Waals surface area contributed by atoms with Crippen LogP contribution in [-0.4, -0.2) is 60.1 Å². The lowest BCUT2D eigenvalue weighted by molar-refractivity contribution is -0.133. The van der Waals surface area contributed by atoms with E-state index in [1.54, 1.807) is 0 Å². The van der Waals surface area contributed by atoms with Crippen molar-refractivity contribution < 1.29 is 14.6 Å². The van der Waals surface area contributed by atoms with E-state index in [0.717, 1.165) is 30.0 Å². The van der Waals surface area contributed by atoms with Crippen LogP contribution < -0.4 is 4.74 Å². The summed E-state index contributed by atoms with van der Waals surface area (Å²) in [5.74, 6) is 0.873. The number of rotatable bonds is 7. The van der Waals surface area contributed by atoms with E-state index in [1.165, 1.54) is 0 Å². The molecule has 1 fully saturated rings. The number of ether oxygens (including phenoxy) is 1. The molecule has 1 N–H and O–H groups in total. The van der Waals surface area contributed by atoms with Crippen LogP contribution in [-0.2, 0) is 17.8 Å². The quantitative estimate of drug-likeness (QED) is 0.815. The summed E-state index contributed by atoms with van der Waals surface area (Å²) in [6, 6.07) is 18.0. The molecule has 2 aromatic carbocycles. The molecule has 1 saturated heterocycles. The van der Waals surface area contributed by atoms with E-state index in [2.05, 4.69) is 11.9 Å². The minimum Gasteiger partial charge on any atom is -0.489 e. The van der Waals surface area contributed by atoms with Gasteiger partial charge in [-0.15, -0.1) is 0 Å². The Morgan fingerprint density at radius 3 is 2.63 bits per heavy atom. The van der Waals surface area contributed by atoms with E-state index in [4.69, 9.17) is 4.74 Å². The molecule has 1 aliphatic rings. The number of carbonyl (C=O) groups is 1. The first kappa shape index (κ1) is 19.4. The molecule has 0 aliphatic carbocycles. The predicted molar refractivity (Wildman–Crippen MR) is 106 cm³/mol. The van der Waals surface area contributed by atoms with Gasteiger partial charge in [0.05, 0.1) is 6.42 Å². The Hall–Kier alpha value is -2.37. The molecule has 0 radical (unpaired) electrons. The summed E-state index contributed by atoms with van der Waals surface area (Å²) in [6.45, 7) is 2.86. The first-order valence-corrected chi connectivity index (χ1v) is 9.51. The molecule has 2 aromatic rings. The molecule has 0 spiro atoms. The molecule has 1 amide bonds. The highest BCUT2D eigenvalue weighted by molar-refractivity contribution is 5.79. The topological polar surface area (TPSA) is 53.0 Å². The highest BCUT2D eigenvalue weighted by Crippen LogP contribution is 2.21. The van der Waals surface area contributed by atoms with Crippen molar-refractivity contribution in [3.63, 3.8) is 0 Å². The zero-order chi connectivity index (χ0) is 19.1. The number of carbonyl (C=O) groups excluding carboxylic acids is 1. The number of hydrogen-bond acceptors (Lipinski definition) is 4. The molecule has 27 heavy (non-hydrogen) atoms. The molecule has 1 aliphatic heterocycles. The SMILES string of the molecule is CN1CCN(C(=O)Cc2ccccc2OCc2ccccc2)CC1CCO. The third-order valence-corrected chi connectivity index (χ3v) is 5.14. The highest BCUT2D eigenvalue weighted by Gasteiger charge is 2.27. The minimum atomic E-state index is 0.113. The fourth-order valence-corrected chi connectivity index (χ4v) is 3.43. The van der Waals surface area contributed by atoms with Crippen molar-refractivity contribution in [2.45, 2.75) is 25.5 Å². The van der Waals surface area contributed by atoms with Gasteiger partial charge < -0.3 is 14.7 Å². The second-order valence-electron chi connectivity index (χ2n) is 7.05. The number of piperazine rings is 1. The molecule has 5 nitrogen and oxygen atoms in total. The fourth-order valence-electron chi connectivity index (χ4n) is 3.43. The summed E-state index contributed by atoms with van der Waals surface area (Å²) in [6.07, 6.45) is 1.03. The average Bonchev–Trinajstić information content (AvgIpc) is 2.70. The van der Waals surface area contributed by atoms with Crippen LogP contribution in [0.25, 0.3) is 0 Å². The second kappa shape index (κ2) is 9.53. The number of hydrogen-bond donors (Lipinski definition) is 1. The number of nitrogens with zero attached hydrogens (tertiary/aromatic N) is 2. The number of para-hydroxylation sites is 1. The largest absolute Gasteiger partial charge is 0.489 e. The van der Waals surface area contributed by atoms with E-state index in [1.807, 2.05) is 59.5 Å². The number of likely N-dealkylation sites (N-methyl/N-ethyl adjacent to an activating group) is 1. The molecule has 3 rings (SSSR count). The number of benzene rings is 2. The van der Waals surface area contributed by atoms with Crippen LogP contribution in [0.4, 0.5) is 0 Å². The van der Waals surface area contributed by atoms with E-state index < -0.39 is 0 Å². The van der Waals surface area contributed by atoms with Crippen molar-refractivity contribution in [1.82, 2.24) is 9.80 Å². The average molecular weight is 368 g/mol. The lowest BCUT2D eigenvalue weighted by atomic mass is 10.1. The van der Waals surface area contributed by atoms with Crippen molar-refractivity contribution in [3.8, 4) is 5.75 Å². The lowest BCUT2D eigenvalue weighted by Gasteiger charge is -2.39. The lowest BCUT2D eigenvalue weighted by Crippen LogP contribution is -2.53. The van der Waals surface area contributed by atoms with Gasteiger partial charge in [0.25, 0.3) is 0 Å². The van der Waals surface area contributed by atoms with Crippen LogP contribution in [0.15, 0.2) is 54.6 Å². The van der Waals surface area contributed by atoms with Crippen LogP contribution >= 0.6 is 0 Å². The summed E-state index contributed by atoms with van der Waals surface area (Å²) in [4.78, 5) is 17.0. The van der Waals surface area contributed by atoms with Crippen molar-refractivity contribution in [2.75, 3.05) is 33.3 Å². The van der Waals surface area contributed by atoms with Gasteiger partial charge in [0.15, 0.2) is 0 Å². The van der Waals surface area contributed by atoms with Crippen molar-refractivity contribution in [1.29, 1.82) is 0 Å². The summed E-state index contributed by atoms with van der Waals surface area (Å²) in [7, 11) is 2.05. The molecule has 144 valence electrons. The number of aliphatic hydroxyl groups is 1. The summed E-state index contributed by atoms with van der Waals surface area (Å²) >= 11 is 0. The van der Waals surface area contributed by atoms with Gasteiger partial charge in [-0.1, -0.05) is 48.5 Å². The molecule has 0 saturated carbocycles. The molecule has 1 unspecified atom stereocenters. The molecular formula is C22H28N2O3. The van der Waals surface area contributed by atoms with Crippen molar-refractivity contribution >= 4 is 5.91 Å². The van der Waals surface area contributed by atoms with E-state index in [0.29, 0.717) is 26.0 Å². The van der Waals surface area contributed by atoms with Crippen molar-refractivity contribution in [2.24, 2.45) is 0 Å². The van der Waals surface area contributed by atoms with Gasteiger partial charge in [0.1, 0.15) is 12.4 Å². The maximum atomic E-state index is 12.8. The number of amides is 1. The standard InChI is InChI=1S/C22H28N2O3/c1-23-12-13-24(16-20(23)11-14-25)22(26)15-19-9-5-6-10-21(19)27-17-18-7-3-2-4-8-18/h2-10,20,25H,11-17H2,1H3. The van der Waals surface area contributed by atoms with Crippen LogP contribution in [0, 0.1) is 0 Å². The van der Waals surface area contributed by atoms with Crippen LogP contribution in [0.3, 0.4) is 0 Å². The monoisotopic (exact) mass is 368 g/mol. The second-order valence-corrected chi connectivity index (χ2v) is 7.05.